The number of azide groups is 1. The molecule has 1 unspecified atom stereocenters. The second-order valence-electron chi connectivity index (χ2n) is 5.31. The first-order valence-electron chi connectivity index (χ1n) is 7.07. The predicted molar refractivity (Wildman–Crippen MR) is 93.6 cm³/mol. The molecule has 2 aromatic carbocycles. The fourth-order valence-electron chi connectivity index (χ4n) is 2.70. The van der Waals surface area contributed by atoms with E-state index in [1.165, 1.54) is 0 Å². The SMILES string of the molecule is CN1CC(CN=[N+]=[N-])Oc2c(-c3cc(Cl)ccc3Cl)cccc21. The number of hydrogen-bond donors (Lipinski definition) is 0. The van der Waals surface area contributed by atoms with E-state index in [2.05, 4.69) is 14.9 Å². The summed E-state index contributed by atoms with van der Waals surface area (Å²) in [5.74, 6) is 0.726. The van der Waals surface area contributed by atoms with Crippen molar-refractivity contribution in [2.45, 2.75) is 6.10 Å². The first-order chi connectivity index (χ1) is 11.1. The Morgan fingerprint density at radius 3 is 2.91 bits per heavy atom. The van der Waals surface area contributed by atoms with E-state index in [1.807, 2.05) is 31.3 Å². The lowest BCUT2D eigenvalue weighted by molar-refractivity contribution is 0.205. The Kier molecular flexibility index (Phi) is 4.53. The lowest BCUT2D eigenvalue weighted by Gasteiger charge is -2.34. The predicted octanol–water partition coefficient (Wildman–Crippen LogP) is 5.17. The minimum absolute atomic E-state index is 0.206. The van der Waals surface area contributed by atoms with E-state index in [1.54, 1.807) is 12.1 Å². The fourth-order valence-corrected chi connectivity index (χ4v) is 3.09. The van der Waals surface area contributed by atoms with Crippen molar-refractivity contribution >= 4 is 28.9 Å². The largest absolute Gasteiger partial charge is 0.486 e. The number of nitrogens with zero attached hydrogens (tertiary/aromatic N) is 4. The van der Waals surface area contributed by atoms with Gasteiger partial charge >= 0.3 is 0 Å². The van der Waals surface area contributed by atoms with E-state index in [4.69, 9.17) is 33.5 Å². The molecule has 5 nitrogen and oxygen atoms in total. The number of benzene rings is 2. The molecule has 2 aromatic rings. The number of para-hydroxylation sites is 1. The average molecular weight is 349 g/mol. The molecule has 0 saturated heterocycles. The fraction of sp³-hybridized carbons (Fsp3) is 0.250. The van der Waals surface area contributed by atoms with Gasteiger partial charge in [-0.05, 0) is 29.8 Å². The van der Waals surface area contributed by atoms with Crippen LogP contribution in [0, 0.1) is 0 Å². The third-order valence-corrected chi connectivity index (χ3v) is 4.30. The van der Waals surface area contributed by atoms with Gasteiger partial charge in [-0.1, -0.05) is 40.4 Å². The maximum atomic E-state index is 8.51. The Morgan fingerprint density at radius 1 is 1.30 bits per heavy atom. The molecule has 3 rings (SSSR count). The zero-order valence-electron chi connectivity index (χ0n) is 12.4. The van der Waals surface area contributed by atoms with Crippen molar-refractivity contribution in [1.29, 1.82) is 0 Å². The van der Waals surface area contributed by atoms with Crippen molar-refractivity contribution in [3.05, 3.63) is 56.9 Å². The van der Waals surface area contributed by atoms with Gasteiger partial charge < -0.3 is 9.64 Å². The van der Waals surface area contributed by atoms with Gasteiger partial charge in [0.15, 0.2) is 5.75 Å². The van der Waals surface area contributed by atoms with Crippen LogP contribution in [0.25, 0.3) is 21.6 Å². The van der Waals surface area contributed by atoms with Gasteiger partial charge in [0, 0.05) is 33.1 Å². The molecular formula is C16H14Cl2N4O. The minimum atomic E-state index is -0.206. The Hall–Kier alpha value is -2.07. The minimum Gasteiger partial charge on any atom is -0.486 e. The number of anilines is 1. The van der Waals surface area contributed by atoms with Crippen molar-refractivity contribution < 1.29 is 4.74 Å². The lowest BCUT2D eigenvalue weighted by atomic mass is 10.0. The van der Waals surface area contributed by atoms with Gasteiger partial charge in [0.25, 0.3) is 0 Å². The zero-order valence-corrected chi connectivity index (χ0v) is 13.9. The summed E-state index contributed by atoms with van der Waals surface area (Å²) in [6.45, 7) is 0.927. The van der Waals surface area contributed by atoms with Crippen molar-refractivity contribution in [2.24, 2.45) is 5.11 Å². The van der Waals surface area contributed by atoms with E-state index >= 15 is 0 Å². The van der Waals surface area contributed by atoms with Crippen molar-refractivity contribution in [3.8, 4) is 16.9 Å². The highest BCUT2D eigenvalue weighted by atomic mass is 35.5. The highest BCUT2D eigenvalue weighted by molar-refractivity contribution is 6.35. The summed E-state index contributed by atoms with van der Waals surface area (Å²) in [4.78, 5) is 4.89. The summed E-state index contributed by atoms with van der Waals surface area (Å²) in [6.07, 6.45) is -0.206. The molecule has 0 aliphatic carbocycles. The lowest BCUT2D eigenvalue weighted by Crippen LogP contribution is -2.39. The summed E-state index contributed by atoms with van der Waals surface area (Å²) < 4.78 is 6.08. The molecular weight excluding hydrogens is 335 g/mol. The molecule has 7 heteroatoms. The van der Waals surface area contributed by atoms with Crippen molar-refractivity contribution in [3.63, 3.8) is 0 Å². The van der Waals surface area contributed by atoms with E-state index in [0.717, 1.165) is 22.6 Å². The summed E-state index contributed by atoms with van der Waals surface area (Å²) in [7, 11) is 1.98. The monoisotopic (exact) mass is 348 g/mol. The van der Waals surface area contributed by atoms with Gasteiger partial charge in [0.05, 0.1) is 18.8 Å². The maximum Gasteiger partial charge on any atom is 0.150 e. The normalized spacial score (nSPS) is 16.3. The quantitative estimate of drug-likeness (QED) is 0.436. The molecule has 0 N–H and O–H groups in total. The Morgan fingerprint density at radius 2 is 2.13 bits per heavy atom. The highest BCUT2D eigenvalue weighted by Crippen LogP contribution is 2.43. The second-order valence-corrected chi connectivity index (χ2v) is 6.16. The number of rotatable bonds is 3. The van der Waals surface area contributed by atoms with Crippen LogP contribution in [0.4, 0.5) is 5.69 Å². The van der Waals surface area contributed by atoms with E-state index in [-0.39, 0.29) is 12.6 Å². The van der Waals surface area contributed by atoms with Gasteiger partial charge in [0.1, 0.15) is 6.10 Å². The standard InChI is InChI=1S/C16H14Cl2N4O/c1-22-9-11(8-20-21-19)23-16-12(3-2-4-15(16)22)13-7-10(17)5-6-14(13)18/h2-7,11H,8-9H2,1H3. The molecule has 0 aromatic heterocycles. The number of hydrogen-bond acceptors (Lipinski definition) is 3. The molecule has 1 atom stereocenters. The van der Waals surface area contributed by atoms with E-state index in [9.17, 15) is 0 Å². The van der Waals surface area contributed by atoms with E-state index in [0.29, 0.717) is 16.6 Å². The van der Waals surface area contributed by atoms with E-state index < -0.39 is 0 Å². The first-order valence-corrected chi connectivity index (χ1v) is 7.83. The van der Waals surface area contributed by atoms with Gasteiger partial charge in [-0.3, -0.25) is 0 Å². The maximum absolute atomic E-state index is 8.51. The molecule has 0 fully saturated rings. The molecule has 1 aliphatic rings. The average Bonchev–Trinajstić information content (AvgIpc) is 2.55. The van der Waals surface area contributed by atoms with Crippen LogP contribution in [0.1, 0.15) is 0 Å². The van der Waals surface area contributed by atoms with Gasteiger partial charge in [-0.25, -0.2) is 0 Å². The molecule has 118 valence electrons. The van der Waals surface area contributed by atoms with Gasteiger partial charge in [-0.15, -0.1) is 0 Å². The van der Waals surface area contributed by atoms with Crippen LogP contribution in [0.5, 0.6) is 5.75 Å². The third-order valence-electron chi connectivity index (χ3n) is 3.73. The number of fused-ring (bicyclic) bond motifs is 1. The zero-order chi connectivity index (χ0) is 16.4. The molecule has 0 saturated carbocycles. The van der Waals surface area contributed by atoms with Crippen LogP contribution in [0.2, 0.25) is 10.0 Å². The molecule has 23 heavy (non-hydrogen) atoms. The first kappa shape index (κ1) is 15.8. The Bertz CT molecular complexity index is 790. The molecule has 1 aliphatic heterocycles. The Labute approximate surface area is 144 Å². The Balaban J connectivity index is 2.09. The summed E-state index contributed by atoms with van der Waals surface area (Å²) in [5, 5.41) is 4.83. The number of likely N-dealkylation sites (N-methyl/N-ethyl adjacent to an activating group) is 1. The summed E-state index contributed by atoms with van der Waals surface area (Å²) in [5.41, 5.74) is 11.2. The summed E-state index contributed by atoms with van der Waals surface area (Å²) >= 11 is 12.4. The number of ether oxygens (including phenoxy) is 1. The molecule has 0 amide bonds. The number of halogens is 2. The van der Waals surface area contributed by atoms with Crippen LogP contribution in [0.3, 0.4) is 0 Å². The molecule has 0 bridgehead atoms. The van der Waals surface area contributed by atoms with Crippen LogP contribution >= 0.6 is 23.2 Å². The molecule has 0 spiro atoms. The molecule has 1 heterocycles. The van der Waals surface area contributed by atoms with Crippen LogP contribution in [-0.2, 0) is 0 Å². The van der Waals surface area contributed by atoms with Crippen LogP contribution in [-0.4, -0.2) is 26.2 Å². The second kappa shape index (κ2) is 6.59. The molecule has 0 radical (unpaired) electrons. The highest BCUT2D eigenvalue weighted by Gasteiger charge is 2.26. The van der Waals surface area contributed by atoms with Crippen LogP contribution < -0.4 is 9.64 Å². The van der Waals surface area contributed by atoms with Crippen LogP contribution in [0.15, 0.2) is 41.5 Å². The smallest absolute Gasteiger partial charge is 0.150 e. The third kappa shape index (κ3) is 3.17. The van der Waals surface area contributed by atoms with Gasteiger partial charge in [-0.2, -0.15) is 0 Å². The topological polar surface area (TPSA) is 61.2 Å². The van der Waals surface area contributed by atoms with Crippen molar-refractivity contribution in [1.82, 2.24) is 0 Å². The summed E-state index contributed by atoms with van der Waals surface area (Å²) in [6, 6.07) is 11.2. The van der Waals surface area contributed by atoms with Gasteiger partial charge in [0.2, 0.25) is 0 Å². The van der Waals surface area contributed by atoms with Crippen molar-refractivity contribution in [2.75, 3.05) is 25.0 Å².